The van der Waals surface area contributed by atoms with E-state index < -0.39 is 17.4 Å². The number of carbonyl (C=O) groups is 2. The molecule has 0 bridgehead atoms. The molecule has 0 unspecified atom stereocenters. The fourth-order valence-electron chi connectivity index (χ4n) is 4.23. The number of hydrogen-bond donors (Lipinski definition) is 2. The first-order valence-electron chi connectivity index (χ1n) is 11.4. The molecule has 0 saturated carbocycles. The van der Waals surface area contributed by atoms with E-state index in [1.807, 2.05) is 12.1 Å². The van der Waals surface area contributed by atoms with E-state index in [-0.39, 0.29) is 43.3 Å². The van der Waals surface area contributed by atoms with E-state index in [1.54, 1.807) is 67.3 Å². The van der Waals surface area contributed by atoms with Crippen LogP contribution in [0.5, 0.6) is 11.5 Å². The predicted octanol–water partition coefficient (Wildman–Crippen LogP) is 3.60. The number of benzene rings is 2. The minimum atomic E-state index is -2.45. The molecule has 1 saturated heterocycles. The number of rotatable bonds is 7. The SMILES string of the molecule is Cc1ccccc1OC(Oc1ccccc1C)(C(=O)O)C1(O)CCN(C(=O)c2ccncc2)CC1. The lowest BCUT2D eigenvalue weighted by molar-refractivity contribution is -0.255. The number of aryl methyl sites for hydroxylation is 2. The zero-order chi connectivity index (χ0) is 25.1. The molecule has 0 atom stereocenters. The molecule has 0 aliphatic carbocycles. The minimum absolute atomic E-state index is 0.0616. The smallest absolute Gasteiger partial charge is 0.393 e. The average Bonchev–Trinajstić information content (AvgIpc) is 2.86. The van der Waals surface area contributed by atoms with Gasteiger partial charge < -0.3 is 24.6 Å². The number of aliphatic carboxylic acids is 1. The van der Waals surface area contributed by atoms with Crippen LogP contribution in [0.25, 0.3) is 0 Å². The largest absolute Gasteiger partial charge is 0.475 e. The van der Waals surface area contributed by atoms with Crippen LogP contribution in [0.3, 0.4) is 0 Å². The summed E-state index contributed by atoms with van der Waals surface area (Å²) >= 11 is 0. The maximum absolute atomic E-state index is 12.9. The third-order valence-corrected chi connectivity index (χ3v) is 6.39. The number of carboxylic acids is 1. The molecule has 1 aliphatic rings. The summed E-state index contributed by atoms with van der Waals surface area (Å²) in [7, 11) is 0. The summed E-state index contributed by atoms with van der Waals surface area (Å²) in [5, 5.41) is 22.3. The van der Waals surface area contributed by atoms with Gasteiger partial charge in [-0.25, -0.2) is 4.79 Å². The Morgan fingerprint density at radius 1 is 0.886 bits per heavy atom. The summed E-state index contributed by atoms with van der Waals surface area (Å²) in [4.78, 5) is 31.3. The van der Waals surface area contributed by atoms with Gasteiger partial charge in [-0.15, -0.1) is 0 Å². The quantitative estimate of drug-likeness (QED) is 0.502. The molecular weight excluding hydrogens is 448 g/mol. The number of piperidine rings is 1. The second kappa shape index (κ2) is 9.76. The van der Waals surface area contributed by atoms with Gasteiger partial charge in [0.25, 0.3) is 5.91 Å². The fourth-order valence-corrected chi connectivity index (χ4v) is 4.23. The molecule has 8 nitrogen and oxygen atoms in total. The van der Waals surface area contributed by atoms with Gasteiger partial charge in [-0.1, -0.05) is 36.4 Å². The van der Waals surface area contributed by atoms with Gasteiger partial charge in [-0.3, -0.25) is 9.78 Å². The number of pyridine rings is 1. The number of carboxylic acid groups (broad SMARTS) is 1. The van der Waals surface area contributed by atoms with Gasteiger partial charge in [0, 0.05) is 43.9 Å². The topological polar surface area (TPSA) is 109 Å². The standard InChI is InChI=1S/C27H28N2O6/c1-19-7-3-5-9-22(19)34-27(25(31)32,35-23-10-6-4-8-20(23)2)26(33)13-17-29(18-14-26)24(30)21-11-15-28-16-12-21/h3-12,15-16,33H,13-14,17-18H2,1-2H3,(H,31,32). The van der Waals surface area contributed by atoms with E-state index in [0.29, 0.717) is 16.7 Å². The van der Waals surface area contributed by atoms with Crippen LogP contribution in [0, 0.1) is 13.8 Å². The van der Waals surface area contributed by atoms with Crippen LogP contribution in [0.1, 0.15) is 34.3 Å². The van der Waals surface area contributed by atoms with Crippen molar-refractivity contribution in [2.24, 2.45) is 0 Å². The van der Waals surface area contributed by atoms with E-state index >= 15 is 0 Å². The van der Waals surface area contributed by atoms with Crippen LogP contribution in [-0.2, 0) is 4.79 Å². The molecule has 2 heterocycles. The maximum atomic E-state index is 12.9. The fraction of sp³-hybridized carbons (Fsp3) is 0.296. The van der Waals surface area contributed by atoms with E-state index in [9.17, 15) is 19.8 Å². The van der Waals surface area contributed by atoms with Gasteiger partial charge in [0.2, 0.25) is 0 Å². The second-order valence-corrected chi connectivity index (χ2v) is 8.72. The molecule has 182 valence electrons. The summed E-state index contributed by atoms with van der Waals surface area (Å²) in [6.45, 7) is 3.83. The van der Waals surface area contributed by atoms with Gasteiger partial charge in [0.1, 0.15) is 11.5 Å². The molecule has 1 aliphatic heterocycles. The van der Waals surface area contributed by atoms with Crippen molar-refractivity contribution in [3.05, 3.63) is 89.7 Å². The minimum Gasteiger partial charge on any atom is -0.475 e. The molecule has 4 rings (SSSR count). The number of carbonyl (C=O) groups excluding carboxylic acids is 1. The van der Waals surface area contributed by atoms with E-state index in [1.165, 1.54) is 12.4 Å². The van der Waals surface area contributed by atoms with Crippen LogP contribution >= 0.6 is 0 Å². The molecule has 1 amide bonds. The lowest BCUT2D eigenvalue weighted by Gasteiger charge is -2.47. The Hall–Kier alpha value is -3.91. The summed E-state index contributed by atoms with van der Waals surface area (Å²) in [5.74, 6) is -3.55. The highest BCUT2D eigenvalue weighted by Gasteiger charge is 2.63. The van der Waals surface area contributed by atoms with Crippen LogP contribution < -0.4 is 9.47 Å². The lowest BCUT2D eigenvalue weighted by atomic mass is 9.82. The first-order valence-corrected chi connectivity index (χ1v) is 11.4. The highest BCUT2D eigenvalue weighted by molar-refractivity contribution is 5.94. The Kier molecular flexibility index (Phi) is 6.75. The lowest BCUT2D eigenvalue weighted by Crippen LogP contribution is -2.69. The first-order chi connectivity index (χ1) is 16.8. The summed E-state index contributed by atoms with van der Waals surface area (Å²) in [5.41, 5.74) is -0.0682. The Balaban J connectivity index is 1.70. The highest BCUT2D eigenvalue weighted by Crippen LogP contribution is 2.40. The van der Waals surface area contributed by atoms with Crippen molar-refractivity contribution in [2.75, 3.05) is 13.1 Å². The molecule has 2 N–H and O–H groups in total. The number of hydrogen-bond acceptors (Lipinski definition) is 6. The number of aromatic nitrogens is 1. The first kappa shape index (κ1) is 24.2. The molecule has 3 aromatic rings. The molecule has 2 aromatic carbocycles. The van der Waals surface area contributed by atoms with Crippen LogP contribution in [0.2, 0.25) is 0 Å². The van der Waals surface area contributed by atoms with Gasteiger partial charge >= 0.3 is 11.8 Å². The predicted molar refractivity (Wildman–Crippen MR) is 128 cm³/mol. The average molecular weight is 477 g/mol. The number of likely N-dealkylation sites (tertiary alicyclic amines) is 1. The third kappa shape index (κ3) is 4.70. The van der Waals surface area contributed by atoms with Gasteiger partial charge in [-0.2, -0.15) is 0 Å². The molecule has 35 heavy (non-hydrogen) atoms. The van der Waals surface area contributed by atoms with E-state index in [0.717, 1.165) is 0 Å². The third-order valence-electron chi connectivity index (χ3n) is 6.39. The molecule has 0 radical (unpaired) electrons. The van der Waals surface area contributed by atoms with Gasteiger partial charge in [0.15, 0.2) is 5.60 Å². The van der Waals surface area contributed by atoms with Crippen LogP contribution in [-0.4, -0.2) is 56.5 Å². The highest BCUT2D eigenvalue weighted by atomic mass is 16.7. The molecule has 1 fully saturated rings. The van der Waals surface area contributed by atoms with E-state index in [4.69, 9.17) is 9.47 Å². The van der Waals surface area contributed by atoms with Gasteiger partial charge in [0.05, 0.1) is 0 Å². The summed E-state index contributed by atoms with van der Waals surface area (Å²) in [6.07, 6.45) is 2.95. The Morgan fingerprint density at radius 2 is 1.37 bits per heavy atom. The summed E-state index contributed by atoms with van der Waals surface area (Å²) in [6, 6.07) is 17.2. The van der Waals surface area contributed by atoms with Gasteiger partial charge in [-0.05, 0) is 49.2 Å². The number of amides is 1. The Morgan fingerprint density at radius 3 is 1.83 bits per heavy atom. The van der Waals surface area contributed by atoms with Crippen molar-refractivity contribution >= 4 is 11.9 Å². The molecule has 0 spiro atoms. The number of ether oxygens (including phenoxy) is 2. The van der Waals surface area contributed by atoms with Crippen LogP contribution in [0.15, 0.2) is 73.1 Å². The zero-order valence-electron chi connectivity index (χ0n) is 19.7. The zero-order valence-corrected chi connectivity index (χ0v) is 19.7. The normalized spacial score (nSPS) is 15.3. The van der Waals surface area contributed by atoms with E-state index in [2.05, 4.69) is 4.98 Å². The van der Waals surface area contributed by atoms with Crippen molar-refractivity contribution < 1.29 is 29.3 Å². The van der Waals surface area contributed by atoms with Crippen molar-refractivity contribution in [3.63, 3.8) is 0 Å². The van der Waals surface area contributed by atoms with Crippen molar-refractivity contribution in [1.82, 2.24) is 9.88 Å². The van der Waals surface area contributed by atoms with Crippen molar-refractivity contribution in [2.45, 2.75) is 38.1 Å². The maximum Gasteiger partial charge on any atom is 0.393 e. The van der Waals surface area contributed by atoms with Crippen molar-refractivity contribution in [3.8, 4) is 11.5 Å². The summed E-state index contributed by atoms with van der Waals surface area (Å²) < 4.78 is 12.2. The molecule has 8 heteroatoms. The monoisotopic (exact) mass is 476 g/mol. The number of aliphatic hydroxyl groups is 1. The number of para-hydroxylation sites is 2. The molecule has 1 aromatic heterocycles. The Bertz CT molecular complexity index is 1160. The molecular formula is C27H28N2O6. The Labute approximate surface area is 203 Å². The number of nitrogens with zero attached hydrogens (tertiary/aromatic N) is 2. The second-order valence-electron chi connectivity index (χ2n) is 8.72. The van der Waals surface area contributed by atoms with Crippen LogP contribution in [0.4, 0.5) is 0 Å². The van der Waals surface area contributed by atoms with Crippen molar-refractivity contribution in [1.29, 1.82) is 0 Å².